The number of hydrogen-bond acceptors (Lipinski definition) is 13. The van der Waals surface area contributed by atoms with Gasteiger partial charge in [0.25, 0.3) is 5.79 Å². The van der Waals surface area contributed by atoms with Crippen LogP contribution < -0.4 is 0 Å². The summed E-state index contributed by atoms with van der Waals surface area (Å²) in [6, 6.07) is 26.5. The second-order valence-corrected chi connectivity index (χ2v) is 14.8. The van der Waals surface area contributed by atoms with Crippen LogP contribution in [0.15, 0.2) is 84.9 Å². The second kappa shape index (κ2) is 15.7. The SMILES string of the molecule is CO[C@@H]1O[C@@H](C)[C@H](O[C@@H]2O[C@@H]3CO[C@](C#N)(Cc4ccccc4I)O[C@@H]3[C@H](OC(=O)c3ccccc3)[C@H]2OC(=O)c2ccccc2)[C@H]2OC(C)(C)O[C@@H]12. The molecular formula is C39H40INO12. The molecule has 0 saturated carbocycles. The van der Waals surface area contributed by atoms with Gasteiger partial charge >= 0.3 is 11.9 Å². The summed E-state index contributed by atoms with van der Waals surface area (Å²) in [5, 5.41) is 10.5. The summed E-state index contributed by atoms with van der Waals surface area (Å²) >= 11 is 2.19. The Bertz CT molecular complexity index is 1810. The van der Waals surface area contributed by atoms with Crippen LogP contribution in [-0.4, -0.2) is 98.6 Å². The van der Waals surface area contributed by atoms with E-state index in [2.05, 4.69) is 28.7 Å². The zero-order valence-electron chi connectivity index (χ0n) is 29.5. The van der Waals surface area contributed by atoms with Crippen molar-refractivity contribution in [3.63, 3.8) is 0 Å². The average Bonchev–Trinajstić information content (AvgIpc) is 3.50. The molecule has 4 fully saturated rings. The Morgan fingerprint density at radius 1 is 0.792 bits per heavy atom. The summed E-state index contributed by atoms with van der Waals surface area (Å²) in [6.45, 7) is 5.21. The molecule has 0 radical (unpaired) electrons. The summed E-state index contributed by atoms with van der Waals surface area (Å²) in [5.41, 5.74) is 1.30. The fraction of sp³-hybridized carbons (Fsp3) is 0.462. The van der Waals surface area contributed by atoms with Gasteiger partial charge in [-0.05, 0) is 79.3 Å². The van der Waals surface area contributed by atoms with Crippen molar-refractivity contribution in [1.82, 2.24) is 0 Å². The molecule has 4 aliphatic rings. The maximum Gasteiger partial charge on any atom is 0.338 e. The van der Waals surface area contributed by atoms with E-state index in [1.807, 2.05) is 24.3 Å². The van der Waals surface area contributed by atoms with Gasteiger partial charge in [-0.25, -0.2) is 9.59 Å². The monoisotopic (exact) mass is 841 g/mol. The third-order valence-corrected chi connectivity index (χ3v) is 10.6. The lowest BCUT2D eigenvalue weighted by molar-refractivity contribution is -0.388. The third-order valence-electron chi connectivity index (χ3n) is 9.55. The topological polar surface area (TPSA) is 150 Å². The first-order chi connectivity index (χ1) is 25.5. The highest BCUT2D eigenvalue weighted by Crippen LogP contribution is 2.42. The van der Waals surface area contributed by atoms with Gasteiger partial charge in [-0.1, -0.05) is 54.6 Å². The summed E-state index contributed by atoms with van der Waals surface area (Å²) in [7, 11) is 1.52. The minimum absolute atomic E-state index is 0.0629. The molecule has 0 amide bonds. The van der Waals surface area contributed by atoms with Gasteiger partial charge in [0.2, 0.25) is 0 Å². The minimum atomic E-state index is -1.79. The van der Waals surface area contributed by atoms with Crippen molar-refractivity contribution in [3.8, 4) is 6.07 Å². The molecule has 4 heterocycles. The largest absolute Gasteiger partial charge is 0.452 e. The van der Waals surface area contributed by atoms with Gasteiger partial charge in [0, 0.05) is 17.1 Å². The van der Waals surface area contributed by atoms with Gasteiger partial charge in [0.05, 0.1) is 23.8 Å². The number of halogens is 1. The Labute approximate surface area is 320 Å². The van der Waals surface area contributed by atoms with Gasteiger partial charge in [-0.3, -0.25) is 0 Å². The average molecular weight is 842 g/mol. The molecule has 3 aromatic carbocycles. The van der Waals surface area contributed by atoms with Crippen molar-refractivity contribution in [1.29, 1.82) is 5.26 Å². The number of fused-ring (bicyclic) bond motifs is 2. The fourth-order valence-electron chi connectivity index (χ4n) is 7.06. The smallest absolute Gasteiger partial charge is 0.338 e. The molecule has 0 aromatic heterocycles. The normalized spacial score (nSPS) is 34.6. The number of esters is 2. The highest BCUT2D eigenvalue weighted by molar-refractivity contribution is 14.1. The molecule has 13 nitrogen and oxygen atoms in total. The van der Waals surface area contributed by atoms with Crippen LogP contribution in [0.1, 0.15) is 47.1 Å². The Morgan fingerprint density at radius 2 is 1.40 bits per heavy atom. The van der Waals surface area contributed by atoms with Gasteiger partial charge < -0.3 is 47.4 Å². The molecule has 0 bridgehead atoms. The van der Waals surface area contributed by atoms with Gasteiger partial charge in [-0.15, -0.1) is 0 Å². The number of methoxy groups -OCH3 is 1. The van der Waals surface area contributed by atoms with Crippen molar-refractivity contribution < 1.29 is 57.0 Å². The lowest BCUT2D eigenvalue weighted by Gasteiger charge is -2.51. The van der Waals surface area contributed by atoms with E-state index in [4.69, 9.17) is 47.4 Å². The van der Waals surface area contributed by atoms with E-state index in [-0.39, 0.29) is 24.2 Å². The highest BCUT2D eigenvalue weighted by Gasteiger charge is 2.61. The first-order valence-corrected chi connectivity index (χ1v) is 18.4. The molecule has 7 rings (SSSR count). The molecule has 53 heavy (non-hydrogen) atoms. The quantitative estimate of drug-likeness (QED) is 0.212. The zero-order valence-corrected chi connectivity index (χ0v) is 31.7. The Hall–Kier alpha value is -3.50. The van der Waals surface area contributed by atoms with Crippen LogP contribution in [0, 0.1) is 14.9 Å². The lowest BCUT2D eigenvalue weighted by atomic mass is 9.94. The molecule has 0 unspecified atom stereocenters. The number of hydrogen-bond donors (Lipinski definition) is 0. The molecular weight excluding hydrogens is 801 g/mol. The van der Waals surface area contributed by atoms with E-state index in [0.717, 1.165) is 9.13 Å². The minimum Gasteiger partial charge on any atom is -0.452 e. The van der Waals surface area contributed by atoms with Crippen LogP contribution in [0.4, 0.5) is 0 Å². The van der Waals surface area contributed by atoms with E-state index >= 15 is 0 Å². The Morgan fingerprint density at radius 3 is 2.02 bits per heavy atom. The van der Waals surface area contributed by atoms with Crippen molar-refractivity contribution >= 4 is 34.5 Å². The zero-order chi connectivity index (χ0) is 37.3. The highest BCUT2D eigenvalue weighted by atomic mass is 127. The predicted octanol–water partition coefficient (Wildman–Crippen LogP) is 4.94. The lowest BCUT2D eigenvalue weighted by Crippen LogP contribution is -2.68. The summed E-state index contributed by atoms with van der Waals surface area (Å²) in [4.78, 5) is 27.6. The van der Waals surface area contributed by atoms with Crippen molar-refractivity contribution in [2.45, 2.75) is 100 Å². The van der Waals surface area contributed by atoms with E-state index in [1.165, 1.54) is 7.11 Å². The standard InChI is InChI=1S/C39H40INO12/c1-22-28(31-33(36(44-4)46-22)52-38(2,3)51-31)50-37-32(49-35(43)24-15-9-6-10-16-24)30(48-34(42)23-13-7-5-8-14-23)29-27(47-37)20-45-39(21-41,53-29)19-25-17-11-12-18-26(25)40/h5-18,22,27-33,36-37H,19-20H2,1-4H3/t22-,27+,28-,29-,30-,31+,32+,33+,36+,37-,39+/m0/s1. The number of benzene rings is 3. The first kappa shape index (κ1) is 37.8. The maximum absolute atomic E-state index is 13.8. The molecule has 0 N–H and O–H groups in total. The van der Waals surface area contributed by atoms with E-state index < -0.39 is 84.9 Å². The van der Waals surface area contributed by atoms with E-state index in [0.29, 0.717) is 0 Å². The van der Waals surface area contributed by atoms with Crippen LogP contribution in [0.3, 0.4) is 0 Å². The van der Waals surface area contributed by atoms with Crippen LogP contribution in [0.2, 0.25) is 0 Å². The summed E-state index contributed by atoms with van der Waals surface area (Å²) in [6.07, 6.45) is -9.67. The van der Waals surface area contributed by atoms with Crippen LogP contribution in [0.5, 0.6) is 0 Å². The third kappa shape index (κ3) is 8.00. The number of rotatable bonds is 9. The molecule has 4 aliphatic heterocycles. The summed E-state index contributed by atoms with van der Waals surface area (Å²) in [5.74, 6) is -4.22. The molecule has 3 aromatic rings. The van der Waals surface area contributed by atoms with Crippen molar-refractivity contribution in [2.24, 2.45) is 0 Å². The molecule has 280 valence electrons. The van der Waals surface area contributed by atoms with Crippen LogP contribution in [-0.2, 0) is 53.8 Å². The molecule has 0 aliphatic carbocycles. The number of nitrogens with zero attached hydrogens (tertiary/aromatic N) is 1. The molecule has 11 atom stereocenters. The molecule has 14 heteroatoms. The van der Waals surface area contributed by atoms with E-state index in [9.17, 15) is 14.9 Å². The maximum atomic E-state index is 13.8. The predicted molar refractivity (Wildman–Crippen MR) is 192 cm³/mol. The van der Waals surface area contributed by atoms with E-state index in [1.54, 1.807) is 81.4 Å². The Balaban J connectivity index is 1.27. The number of ether oxygens (including phenoxy) is 10. The van der Waals surface area contributed by atoms with Crippen molar-refractivity contribution in [3.05, 3.63) is 105 Å². The number of carbonyl (C=O) groups is 2. The molecule has 0 spiro atoms. The van der Waals surface area contributed by atoms with Crippen molar-refractivity contribution in [2.75, 3.05) is 13.7 Å². The van der Waals surface area contributed by atoms with Gasteiger partial charge in [0.15, 0.2) is 30.6 Å². The van der Waals surface area contributed by atoms with Crippen LogP contribution in [0.25, 0.3) is 0 Å². The van der Waals surface area contributed by atoms with Crippen LogP contribution >= 0.6 is 22.6 Å². The first-order valence-electron chi connectivity index (χ1n) is 17.3. The Kier molecular flexibility index (Phi) is 11.2. The van der Waals surface area contributed by atoms with Gasteiger partial charge in [-0.2, -0.15) is 5.26 Å². The fourth-order valence-corrected chi connectivity index (χ4v) is 7.64. The second-order valence-electron chi connectivity index (χ2n) is 13.7. The molecule has 4 saturated heterocycles. The van der Waals surface area contributed by atoms with Gasteiger partial charge in [0.1, 0.15) is 36.6 Å². The summed E-state index contributed by atoms with van der Waals surface area (Å²) < 4.78 is 63.4. The number of nitriles is 1. The number of carbonyl (C=O) groups excluding carboxylic acids is 2.